The third-order valence-corrected chi connectivity index (χ3v) is 3.38. The van der Waals surface area contributed by atoms with Gasteiger partial charge in [-0.05, 0) is 37.0 Å². The molecule has 0 spiro atoms. The summed E-state index contributed by atoms with van der Waals surface area (Å²) in [7, 11) is 0. The number of nitrogens with two attached hydrogens (primary N) is 1. The van der Waals surface area contributed by atoms with Gasteiger partial charge in [0.2, 0.25) is 0 Å². The standard InChI is InChI=1S/C11H21NO/c1-10(2,3)9-4-6-11(12,8-13)7-5-9/h8-9H,4-7,12H2,1-3H3. The highest BCUT2D eigenvalue weighted by atomic mass is 16.1. The molecule has 0 aromatic heterocycles. The first kappa shape index (κ1) is 10.7. The molecule has 76 valence electrons. The van der Waals surface area contributed by atoms with Gasteiger partial charge in [-0.25, -0.2) is 0 Å². The summed E-state index contributed by atoms with van der Waals surface area (Å²) in [5, 5.41) is 0. The van der Waals surface area contributed by atoms with Crippen molar-refractivity contribution in [2.75, 3.05) is 0 Å². The SMILES string of the molecule is CC(C)(C)C1CCC(N)(C=O)CC1. The van der Waals surface area contributed by atoms with Gasteiger partial charge < -0.3 is 10.5 Å². The second-order valence-corrected chi connectivity index (χ2v) is 5.49. The number of rotatable bonds is 1. The minimum absolute atomic E-state index is 0.365. The van der Waals surface area contributed by atoms with E-state index in [0.717, 1.165) is 37.9 Å². The molecule has 0 radical (unpaired) electrons. The zero-order valence-electron chi connectivity index (χ0n) is 8.97. The Kier molecular flexibility index (Phi) is 2.81. The van der Waals surface area contributed by atoms with E-state index in [4.69, 9.17) is 5.73 Å². The van der Waals surface area contributed by atoms with Crippen LogP contribution in [-0.2, 0) is 4.79 Å². The molecule has 0 aromatic carbocycles. The Labute approximate surface area is 80.9 Å². The van der Waals surface area contributed by atoms with Crippen LogP contribution < -0.4 is 5.73 Å². The molecule has 1 fully saturated rings. The van der Waals surface area contributed by atoms with Gasteiger partial charge in [-0.3, -0.25) is 0 Å². The average Bonchev–Trinajstić information content (AvgIpc) is 2.04. The summed E-state index contributed by atoms with van der Waals surface area (Å²) in [5.41, 5.74) is 5.75. The van der Waals surface area contributed by atoms with Crippen molar-refractivity contribution in [2.45, 2.75) is 52.0 Å². The molecular weight excluding hydrogens is 162 g/mol. The van der Waals surface area contributed by atoms with Gasteiger partial charge in [-0.2, -0.15) is 0 Å². The summed E-state index contributed by atoms with van der Waals surface area (Å²) in [5.74, 6) is 0.726. The largest absolute Gasteiger partial charge is 0.319 e. The van der Waals surface area contributed by atoms with Crippen molar-refractivity contribution in [2.24, 2.45) is 17.1 Å². The van der Waals surface area contributed by atoms with E-state index in [1.54, 1.807) is 0 Å². The molecular formula is C11H21NO. The summed E-state index contributed by atoms with van der Waals surface area (Å²) in [4.78, 5) is 10.7. The highest BCUT2D eigenvalue weighted by molar-refractivity contribution is 5.63. The summed E-state index contributed by atoms with van der Waals surface area (Å²) >= 11 is 0. The molecule has 0 amide bonds. The summed E-state index contributed by atoms with van der Waals surface area (Å²) in [6.45, 7) is 6.80. The molecule has 0 aromatic rings. The first-order valence-electron chi connectivity index (χ1n) is 5.13. The molecule has 2 nitrogen and oxygen atoms in total. The van der Waals surface area contributed by atoms with E-state index in [2.05, 4.69) is 20.8 Å². The van der Waals surface area contributed by atoms with Crippen molar-refractivity contribution >= 4 is 6.29 Å². The Morgan fingerprint density at radius 1 is 1.31 bits per heavy atom. The van der Waals surface area contributed by atoms with Crippen LogP contribution in [0.2, 0.25) is 0 Å². The van der Waals surface area contributed by atoms with E-state index >= 15 is 0 Å². The van der Waals surface area contributed by atoms with Crippen LogP contribution in [0.4, 0.5) is 0 Å². The Hall–Kier alpha value is -0.370. The van der Waals surface area contributed by atoms with Crippen molar-refractivity contribution < 1.29 is 4.79 Å². The van der Waals surface area contributed by atoms with Gasteiger partial charge in [0.25, 0.3) is 0 Å². The molecule has 0 saturated heterocycles. The highest BCUT2D eigenvalue weighted by Crippen LogP contribution is 2.39. The second-order valence-electron chi connectivity index (χ2n) is 5.49. The minimum Gasteiger partial charge on any atom is -0.319 e. The molecule has 0 unspecified atom stereocenters. The van der Waals surface area contributed by atoms with Crippen molar-refractivity contribution in [1.29, 1.82) is 0 Å². The van der Waals surface area contributed by atoms with Crippen LogP contribution in [0.1, 0.15) is 46.5 Å². The van der Waals surface area contributed by atoms with Gasteiger partial charge in [-0.1, -0.05) is 20.8 Å². The maximum Gasteiger partial charge on any atom is 0.139 e. The van der Waals surface area contributed by atoms with Gasteiger partial charge >= 0.3 is 0 Å². The van der Waals surface area contributed by atoms with Crippen molar-refractivity contribution in [1.82, 2.24) is 0 Å². The highest BCUT2D eigenvalue weighted by Gasteiger charge is 2.35. The lowest BCUT2D eigenvalue weighted by atomic mass is 9.68. The zero-order chi connectivity index (χ0) is 10.1. The fourth-order valence-electron chi connectivity index (χ4n) is 2.14. The van der Waals surface area contributed by atoms with E-state index < -0.39 is 5.54 Å². The molecule has 2 N–H and O–H groups in total. The average molecular weight is 183 g/mol. The number of carbonyl (C=O) groups is 1. The predicted molar refractivity (Wildman–Crippen MR) is 54.4 cm³/mol. The van der Waals surface area contributed by atoms with Crippen LogP contribution in [0.5, 0.6) is 0 Å². The van der Waals surface area contributed by atoms with E-state index in [1.165, 1.54) is 0 Å². The lowest BCUT2D eigenvalue weighted by molar-refractivity contribution is -0.113. The van der Waals surface area contributed by atoms with Gasteiger partial charge in [0.05, 0.1) is 5.54 Å². The molecule has 0 atom stereocenters. The molecule has 1 aliphatic carbocycles. The topological polar surface area (TPSA) is 43.1 Å². The smallest absolute Gasteiger partial charge is 0.139 e. The summed E-state index contributed by atoms with van der Waals surface area (Å²) in [6, 6.07) is 0. The normalized spacial score (nSPS) is 35.8. The fraction of sp³-hybridized carbons (Fsp3) is 0.909. The fourth-order valence-corrected chi connectivity index (χ4v) is 2.14. The summed E-state index contributed by atoms with van der Waals surface area (Å²) < 4.78 is 0. The van der Waals surface area contributed by atoms with Crippen LogP contribution in [0.25, 0.3) is 0 Å². The lowest BCUT2D eigenvalue weighted by Gasteiger charge is -2.39. The monoisotopic (exact) mass is 183 g/mol. The van der Waals surface area contributed by atoms with Crippen LogP contribution in [-0.4, -0.2) is 11.8 Å². The van der Waals surface area contributed by atoms with Crippen molar-refractivity contribution in [3.8, 4) is 0 Å². The number of aldehydes is 1. The third-order valence-electron chi connectivity index (χ3n) is 3.38. The van der Waals surface area contributed by atoms with E-state index in [1.807, 2.05) is 0 Å². The predicted octanol–water partition coefficient (Wildman–Crippen LogP) is 2.12. The molecule has 13 heavy (non-hydrogen) atoms. The molecule has 1 rings (SSSR count). The number of carbonyl (C=O) groups excluding carboxylic acids is 1. The lowest BCUT2D eigenvalue weighted by Crippen LogP contribution is -2.46. The minimum atomic E-state index is -0.512. The van der Waals surface area contributed by atoms with E-state index in [0.29, 0.717) is 5.41 Å². The maximum absolute atomic E-state index is 10.7. The van der Waals surface area contributed by atoms with Crippen LogP contribution in [0.15, 0.2) is 0 Å². The first-order chi connectivity index (χ1) is 5.87. The van der Waals surface area contributed by atoms with Gasteiger partial charge in [0.15, 0.2) is 0 Å². The van der Waals surface area contributed by atoms with Crippen molar-refractivity contribution in [3.63, 3.8) is 0 Å². The Morgan fingerprint density at radius 2 is 1.77 bits per heavy atom. The van der Waals surface area contributed by atoms with Gasteiger partial charge in [-0.15, -0.1) is 0 Å². The van der Waals surface area contributed by atoms with Crippen LogP contribution in [0, 0.1) is 11.3 Å². The molecule has 1 saturated carbocycles. The molecule has 2 heteroatoms. The summed E-state index contributed by atoms with van der Waals surface area (Å²) in [6.07, 6.45) is 4.85. The van der Waals surface area contributed by atoms with E-state index in [-0.39, 0.29) is 0 Å². The van der Waals surface area contributed by atoms with Crippen LogP contribution in [0.3, 0.4) is 0 Å². The number of hydrogen-bond acceptors (Lipinski definition) is 2. The number of hydrogen-bond donors (Lipinski definition) is 1. The third kappa shape index (κ3) is 2.53. The first-order valence-corrected chi connectivity index (χ1v) is 5.13. The van der Waals surface area contributed by atoms with Gasteiger partial charge in [0, 0.05) is 0 Å². The molecule has 1 aliphatic rings. The van der Waals surface area contributed by atoms with Crippen LogP contribution >= 0.6 is 0 Å². The Balaban J connectivity index is 2.53. The second kappa shape index (κ2) is 3.41. The molecule has 0 heterocycles. The zero-order valence-corrected chi connectivity index (χ0v) is 8.97. The van der Waals surface area contributed by atoms with E-state index in [9.17, 15) is 4.79 Å². The Bertz CT molecular complexity index is 185. The molecule has 0 aliphatic heterocycles. The van der Waals surface area contributed by atoms with Gasteiger partial charge in [0.1, 0.15) is 6.29 Å². The van der Waals surface area contributed by atoms with Crippen molar-refractivity contribution in [3.05, 3.63) is 0 Å². The molecule has 0 bridgehead atoms. The quantitative estimate of drug-likeness (QED) is 0.633. The maximum atomic E-state index is 10.7. The Morgan fingerprint density at radius 3 is 2.08 bits per heavy atom.